The molecular weight excluding hydrogens is 292 g/mol. The molecule has 1 unspecified atom stereocenters. The van der Waals surface area contributed by atoms with Crippen LogP contribution in [0.3, 0.4) is 0 Å². The Bertz CT molecular complexity index is 450. The predicted octanol–water partition coefficient (Wildman–Crippen LogP) is 3.58. The Morgan fingerprint density at radius 3 is 2.73 bits per heavy atom. The maximum absolute atomic E-state index is 4.52. The molecule has 0 aromatic carbocycles. The van der Waals surface area contributed by atoms with Gasteiger partial charge in [-0.1, -0.05) is 0 Å². The molecule has 2 heterocycles. The fourth-order valence-corrected chi connectivity index (χ4v) is 4.08. The molecule has 0 saturated heterocycles. The lowest BCUT2D eigenvalue weighted by Gasteiger charge is -2.11. The van der Waals surface area contributed by atoms with Crippen molar-refractivity contribution < 1.29 is 0 Å². The highest BCUT2D eigenvalue weighted by Gasteiger charge is 2.18. The number of thiophene rings is 1. The van der Waals surface area contributed by atoms with Crippen molar-refractivity contribution in [2.75, 3.05) is 7.05 Å². The van der Waals surface area contributed by atoms with E-state index < -0.39 is 0 Å². The largest absolute Gasteiger partial charge is 0.307 e. The maximum atomic E-state index is 4.52. The number of hydrogen-bond acceptors (Lipinski definition) is 4. The fraction of sp³-hybridized carbons (Fsp3) is 0.300. The first-order valence-corrected chi connectivity index (χ1v) is 7.09. The summed E-state index contributed by atoms with van der Waals surface area (Å²) in [6, 6.07) is 2.28. The van der Waals surface area contributed by atoms with E-state index in [9.17, 15) is 0 Å². The molecule has 0 spiro atoms. The third-order valence-corrected chi connectivity index (χ3v) is 5.04. The molecule has 1 atom stereocenters. The van der Waals surface area contributed by atoms with E-state index in [2.05, 4.69) is 43.1 Å². The molecule has 0 aliphatic carbocycles. The topological polar surface area (TPSA) is 24.9 Å². The van der Waals surface area contributed by atoms with Gasteiger partial charge in [-0.15, -0.1) is 22.7 Å². The smallest absolute Gasteiger partial charge is 0.115 e. The number of thiazole rings is 1. The molecule has 0 radical (unpaired) electrons. The second kappa shape index (κ2) is 4.74. The molecule has 0 bridgehead atoms. The molecule has 80 valence electrons. The molecule has 0 amide bonds. The summed E-state index contributed by atoms with van der Waals surface area (Å²) in [5, 5.41) is 8.60. The van der Waals surface area contributed by atoms with Gasteiger partial charge in [0.2, 0.25) is 0 Å². The van der Waals surface area contributed by atoms with E-state index in [-0.39, 0.29) is 6.04 Å². The standard InChI is InChI=1S/C10H11BrN2S2/c1-6-5-15-10(13-6)8(12-2)9-7(11)3-4-14-9/h3-5,8,12H,1-2H3. The number of nitrogens with zero attached hydrogens (tertiary/aromatic N) is 1. The summed E-state index contributed by atoms with van der Waals surface area (Å²) in [7, 11) is 1.97. The molecule has 2 rings (SSSR count). The second-order valence-electron chi connectivity index (χ2n) is 3.18. The zero-order valence-electron chi connectivity index (χ0n) is 8.45. The third-order valence-electron chi connectivity index (χ3n) is 2.08. The van der Waals surface area contributed by atoms with Crippen molar-refractivity contribution >= 4 is 38.6 Å². The summed E-state index contributed by atoms with van der Waals surface area (Å²) in [6.07, 6.45) is 0. The average molecular weight is 303 g/mol. The zero-order valence-corrected chi connectivity index (χ0v) is 11.7. The molecule has 1 N–H and O–H groups in total. The first-order valence-electron chi connectivity index (χ1n) is 4.54. The van der Waals surface area contributed by atoms with Gasteiger partial charge in [0.1, 0.15) is 5.01 Å². The molecule has 0 fully saturated rings. The molecule has 2 nitrogen and oxygen atoms in total. The van der Waals surface area contributed by atoms with Crippen molar-refractivity contribution in [1.29, 1.82) is 0 Å². The summed E-state index contributed by atoms with van der Waals surface area (Å²) < 4.78 is 1.15. The summed E-state index contributed by atoms with van der Waals surface area (Å²) in [5.74, 6) is 0. The van der Waals surface area contributed by atoms with Crippen molar-refractivity contribution in [2.45, 2.75) is 13.0 Å². The van der Waals surface area contributed by atoms with Crippen LogP contribution in [0.5, 0.6) is 0 Å². The van der Waals surface area contributed by atoms with E-state index in [4.69, 9.17) is 0 Å². The summed E-state index contributed by atoms with van der Waals surface area (Å²) in [5.41, 5.74) is 1.09. The first-order chi connectivity index (χ1) is 7.22. The monoisotopic (exact) mass is 302 g/mol. The lowest BCUT2D eigenvalue weighted by Crippen LogP contribution is -2.16. The highest BCUT2D eigenvalue weighted by molar-refractivity contribution is 9.10. The highest BCUT2D eigenvalue weighted by atomic mass is 79.9. The van der Waals surface area contributed by atoms with Crippen LogP contribution in [0.2, 0.25) is 0 Å². The first kappa shape index (κ1) is 11.3. The number of nitrogens with one attached hydrogen (secondary N) is 1. The maximum Gasteiger partial charge on any atom is 0.115 e. The lowest BCUT2D eigenvalue weighted by molar-refractivity contribution is 0.694. The van der Waals surface area contributed by atoms with Gasteiger partial charge in [0, 0.05) is 20.4 Å². The average Bonchev–Trinajstić information content (AvgIpc) is 2.79. The second-order valence-corrected chi connectivity index (χ2v) is 5.87. The Balaban J connectivity index is 2.36. The van der Waals surface area contributed by atoms with Crippen molar-refractivity contribution in [3.63, 3.8) is 0 Å². The van der Waals surface area contributed by atoms with E-state index in [1.165, 1.54) is 4.88 Å². The van der Waals surface area contributed by atoms with E-state index in [1.807, 2.05) is 14.0 Å². The molecule has 2 aromatic rings. The minimum Gasteiger partial charge on any atom is -0.307 e. The summed E-state index contributed by atoms with van der Waals surface area (Å²) in [4.78, 5) is 5.80. The van der Waals surface area contributed by atoms with E-state index in [1.54, 1.807) is 22.7 Å². The number of aromatic nitrogens is 1. The van der Waals surface area contributed by atoms with Crippen LogP contribution in [0.15, 0.2) is 21.3 Å². The normalized spacial score (nSPS) is 13.0. The van der Waals surface area contributed by atoms with Crippen LogP contribution in [0.1, 0.15) is 21.6 Å². The van der Waals surface area contributed by atoms with Crippen LogP contribution in [-0.4, -0.2) is 12.0 Å². The quantitative estimate of drug-likeness (QED) is 0.937. The molecule has 0 saturated carbocycles. The summed E-state index contributed by atoms with van der Waals surface area (Å²) >= 11 is 7.00. The van der Waals surface area contributed by atoms with Crippen molar-refractivity contribution in [1.82, 2.24) is 10.3 Å². The van der Waals surface area contributed by atoms with Gasteiger partial charge in [0.15, 0.2) is 0 Å². The molecular formula is C10H11BrN2S2. The minimum atomic E-state index is 0.207. The van der Waals surface area contributed by atoms with Gasteiger partial charge in [-0.05, 0) is 41.3 Å². The Kier molecular flexibility index (Phi) is 3.56. The minimum absolute atomic E-state index is 0.207. The van der Waals surface area contributed by atoms with E-state index >= 15 is 0 Å². The van der Waals surface area contributed by atoms with Gasteiger partial charge in [0.05, 0.1) is 6.04 Å². The van der Waals surface area contributed by atoms with Crippen molar-refractivity contribution in [3.8, 4) is 0 Å². The molecule has 5 heteroatoms. The summed E-state index contributed by atoms with van der Waals surface area (Å²) in [6.45, 7) is 2.02. The molecule has 0 aliphatic rings. The zero-order chi connectivity index (χ0) is 10.8. The number of hydrogen-bond donors (Lipinski definition) is 1. The highest BCUT2D eigenvalue weighted by Crippen LogP contribution is 2.33. The Morgan fingerprint density at radius 2 is 2.27 bits per heavy atom. The number of rotatable bonds is 3. The Morgan fingerprint density at radius 1 is 1.47 bits per heavy atom. The van der Waals surface area contributed by atoms with E-state index in [0.717, 1.165) is 15.2 Å². The van der Waals surface area contributed by atoms with E-state index in [0.29, 0.717) is 0 Å². The van der Waals surface area contributed by atoms with Gasteiger partial charge >= 0.3 is 0 Å². The SMILES string of the molecule is CNC(c1nc(C)cs1)c1sccc1Br. The third kappa shape index (κ3) is 2.30. The molecule has 15 heavy (non-hydrogen) atoms. The molecule has 0 aliphatic heterocycles. The Labute approximate surface area is 106 Å². The van der Waals surface area contributed by atoms with Gasteiger partial charge in [-0.25, -0.2) is 4.98 Å². The lowest BCUT2D eigenvalue weighted by atomic mass is 10.2. The Hall–Kier alpha value is -0.230. The van der Waals surface area contributed by atoms with Crippen LogP contribution >= 0.6 is 38.6 Å². The number of aryl methyl sites for hydroxylation is 1. The van der Waals surface area contributed by atoms with Gasteiger partial charge < -0.3 is 5.32 Å². The fourth-order valence-electron chi connectivity index (χ4n) is 1.38. The van der Waals surface area contributed by atoms with Crippen LogP contribution in [-0.2, 0) is 0 Å². The van der Waals surface area contributed by atoms with Crippen LogP contribution in [0.25, 0.3) is 0 Å². The van der Waals surface area contributed by atoms with Gasteiger partial charge in [-0.3, -0.25) is 0 Å². The van der Waals surface area contributed by atoms with Crippen LogP contribution in [0.4, 0.5) is 0 Å². The van der Waals surface area contributed by atoms with Gasteiger partial charge in [0.25, 0.3) is 0 Å². The van der Waals surface area contributed by atoms with Gasteiger partial charge in [-0.2, -0.15) is 0 Å². The number of halogens is 1. The van der Waals surface area contributed by atoms with Crippen molar-refractivity contribution in [2.24, 2.45) is 0 Å². The van der Waals surface area contributed by atoms with Crippen LogP contribution in [0, 0.1) is 6.92 Å². The van der Waals surface area contributed by atoms with Crippen LogP contribution < -0.4 is 5.32 Å². The van der Waals surface area contributed by atoms with Crippen molar-refractivity contribution in [3.05, 3.63) is 36.9 Å². The predicted molar refractivity (Wildman–Crippen MR) is 69.8 cm³/mol. The molecule has 2 aromatic heterocycles.